The molecule has 0 fully saturated rings. The summed E-state index contributed by atoms with van der Waals surface area (Å²) < 4.78 is 5.14. The summed E-state index contributed by atoms with van der Waals surface area (Å²) in [6.07, 6.45) is 0. The highest BCUT2D eigenvalue weighted by Gasteiger charge is 2.07. The largest absolute Gasteiger partial charge is 0.356 e. The fourth-order valence-corrected chi connectivity index (χ4v) is 1.57. The van der Waals surface area contributed by atoms with Crippen molar-refractivity contribution in [3.05, 3.63) is 21.3 Å². The molecule has 0 saturated carbocycles. The molecule has 6 heteroatoms. The van der Waals surface area contributed by atoms with E-state index in [0.717, 1.165) is 0 Å². The van der Waals surface area contributed by atoms with Crippen LogP contribution in [-0.4, -0.2) is 19.8 Å². The molecule has 0 aliphatic carbocycles. The Morgan fingerprint density at radius 2 is 2.46 bits per heavy atom. The summed E-state index contributed by atoms with van der Waals surface area (Å²) in [6.45, 7) is 0.0187. The normalized spacial score (nSPS) is 10.0. The second-order valence-corrected chi connectivity index (χ2v) is 3.80. The topological polar surface area (TPSA) is 47.6 Å². The SMILES string of the molecule is COCONC(=O)c1ccc(Cl)s1. The number of hydrogen-bond donors (Lipinski definition) is 1. The molecular formula is C7H8ClNO3S. The summed E-state index contributed by atoms with van der Waals surface area (Å²) in [5.41, 5.74) is 2.20. The lowest BCUT2D eigenvalue weighted by Gasteiger charge is -2.01. The van der Waals surface area contributed by atoms with E-state index in [1.807, 2.05) is 0 Å². The van der Waals surface area contributed by atoms with Gasteiger partial charge in [-0.3, -0.25) is 4.79 Å². The summed E-state index contributed by atoms with van der Waals surface area (Å²) in [4.78, 5) is 16.3. The van der Waals surface area contributed by atoms with Crippen LogP contribution >= 0.6 is 22.9 Å². The Balaban J connectivity index is 2.40. The fraction of sp³-hybridized carbons (Fsp3) is 0.286. The Morgan fingerprint density at radius 1 is 1.69 bits per heavy atom. The van der Waals surface area contributed by atoms with E-state index in [1.165, 1.54) is 18.4 Å². The van der Waals surface area contributed by atoms with Crippen LogP contribution in [0.2, 0.25) is 4.34 Å². The molecular weight excluding hydrogens is 214 g/mol. The van der Waals surface area contributed by atoms with Gasteiger partial charge in [0.25, 0.3) is 5.91 Å². The van der Waals surface area contributed by atoms with Crippen LogP contribution in [0.1, 0.15) is 9.67 Å². The summed E-state index contributed by atoms with van der Waals surface area (Å²) in [6, 6.07) is 3.27. The maximum atomic E-state index is 11.2. The summed E-state index contributed by atoms with van der Waals surface area (Å²) in [5, 5.41) is 0. The number of amides is 1. The van der Waals surface area contributed by atoms with E-state index in [4.69, 9.17) is 11.6 Å². The molecule has 0 atom stereocenters. The van der Waals surface area contributed by atoms with Crippen LogP contribution in [0.3, 0.4) is 0 Å². The van der Waals surface area contributed by atoms with E-state index >= 15 is 0 Å². The van der Waals surface area contributed by atoms with Gasteiger partial charge in [-0.05, 0) is 12.1 Å². The van der Waals surface area contributed by atoms with Gasteiger partial charge in [0.1, 0.15) is 0 Å². The molecule has 1 amide bonds. The first kappa shape index (κ1) is 10.5. The highest BCUT2D eigenvalue weighted by atomic mass is 35.5. The minimum atomic E-state index is -0.325. The Morgan fingerprint density at radius 3 is 3.00 bits per heavy atom. The lowest BCUT2D eigenvalue weighted by Crippen LogP contribution is -2.23. The van der Waals surface area contributed by atoms with Gasteiger partial charge >= 0.3 is 0 Å². The van der Waals surface area contributed by atoms with Crippen molar-refractivity contribution < 1.29 is 14.4 Å². The molecule has 0 aliphatic heterocycles. The van der Waals surface area contributed by atoms with Gasteiger partial charge < -0.3 is 4.74 Å². The predicted octanol–water partition coefficient (Wildman–Crippen LogP) is 1.67. The van der Waals surface area contributed by atoms with Gasteiger partial charge in [0.05, 0.1) is 9.21 Å². The van der Waals surface area contributed by atoms with Crippen molar-refractivity contribution in [2.75, 3.05) is 13.9 Å². The highest BCUT2D eigenvalue weighted by molar-refractivity contribution is 7.17. The molecule has 0 aliphatic rings. The Bertz CT molecular complexity index is 289. The number of ether oxygens (including phenoxy) is 1. The van der Waals surface area contributed by atoms with Crippen LogP contribution in [0.4, 0.5) is 0 Å². The monoisotopic (exact) mass is 221 g/mol. The van der Waals surface area contributed by atoms with Crippen molar-refractivity contribution in [2.24, 2.45) is 0 Å². The first-order valence-electron chi connectivity index (χ1n) is 3.40. The molecule has 0 unspecified atom stereocenters. The lowest BCUT2D eigenvalue weighted by atomic mass is 10.5. The Hall–Kier alpha value is -0.620. The number of rotatable bonds is 4. The predicted molar refractivity (Wildman–Crippen MR) is 49.8 cm³/mol. The highest BCUT2D eigenvalue weighted by Crippen LogP contribution is 2.20. The molecule has 1 rings (SSSR count). The maximum absolute atomic E-state index is 11.2. The van der Waals surface area contributed by atoms with Crippen LogP contribution < -0.4 is 5.48 Å². The van der Waals surface area contributed by atoms with E-state index < -0.39 is 0 Å². The van der Waals surface area contributed by atoms with Crippen LogP contribution in [0.25, 0.3) is 0 Å². The number of hydrogen-bond acceptors (Lipinski definition) is 4. The van der Waals surface area contributed by atoms with Gasteiger partial charge in [0, 0.05) is 7.11 Å². The molecule has 0 aromatic carbocycles. The van der Waals surface area contributed by atoms with Crippen molar-refractivity contribution in [3.8, 4) is 0 Å². The summed E-state index contributed by atoms with van der Waals surface area (Å²) in [7, 11) is 1.47. The zero-order chi connectivity index (χ0) is 9.68. The number of carbonyl (C=O) groups excluding carboxylic acids is 1. The standard InChI is InChI=1S/C7H8ClNO3S/c1-11-4-12-9-7(10)5-2-3-6(8)13-5/h2-3H,4H2,1H3,(H,9,10). The third-order valence-corrected chi connectivity index (χ3v) is 2.37. The molecule has 1 N–H and O–H groups in total. The molecule has 0 spiro atoms. The number of carbonyl (C=O) groups is 1. The number of hydroxylamine groups is 1. The van der Waals surface area contributed by atoms with E-state index in [2.05, 4.69) is 15.1 Å². The average Bonchev–Trinajstić information content (AvgIpc) is 2.52. The van der Waals surface area contributed by atoms with Crippen molar-refractivity contribution in [1.29, 1.82) is 0 Å². The van der Waals surface area contributed by atoms with Gasteiger partial charge in [-0.25, -0.2) is 10.3 Å². The molecule has 4 nitrogen and oxygen atoms in total. The van der Waals surface area contributed by atoms with Crippen LogP contribution in [0, 0.1) is 0 Å². The van der Waals surface area contributed by atoms with E-state index in [9.17, 15) is 4.79 Å². The third-order valence-electron chi connectivity index (χ3n) is 1.14. The van der Waals surface area contributed by atoms with E-state index in [0.29, 0.717) is 9.21 Å². The molecule has 1 aromatic heterocycles. The Labute approximate surface area is 84.4 Å². The second kappa shape index (κ2) is 5.18. The smallest absolute Gasteiger partial charge is 0.285 e. The third kappa shape index (κ3) is 3.31. The van der Waals surface area contributed by atoms with E-state index in [-0.39, 0.29) is 12.7 Å². The second-order valence-electron chi connectivity index (χ2n) is 2.09. The molecule has 0 bridgehead atoms. The lowest BCUT2D eigenvalue weighted by molar-refractivity contribution is -0.0703. The van der Waals surface area contributed by atoms with E-state index in [1.54, 1.807) is 12.1 Å². The van der Waals surface area contributed by atoms with Crippen LogP contribution in [0.15, 0.2) is 12.1 Å². The van der Waals surface area contributed by atoms with Crippen molar-refractivity contribution in [2.45, 2.75) is 0 Å². The minimum absolute atomic E-state index is 0.0187. The first-order chi connectivity index (χ1) is 6.24. The first-order valence-corrected chi connectivity index (χ1v) is 4.60. The molecule has 72 valence electrons. The molecule has 1 heterocycles. The fourth-order valence-electron chi connectivity index (χ4n) is 0.641. The van der Waals surface area contributed by atoms with Crippen molar-refractivity contribution >= 4 is 28.8 Å². The van der Waals surface area contributed by atoms with Crippen LogP contribution in [0.5, 0.6) is 0 Å². The van der Waals surface area contributed by atoms with Crippen molar-refractivity contribution in [3.63, 3.8) is 0 Å². The van der Waals surface area contributed by atoms with Crippen molar-refractivity contribution in [1.82, 2.24) is 5.48 Å². The van der Waals surface area contributed by atoms with Gasteiger partial charge in [-0.15, -0.1) is 11.3 Å². The average molecular weight is 222 g/mol. The summed E-state index contributed by atoms with van der Waals surface area (Å²) >= 11 is 6.83. The Kier molecular flexibility index (Phi) is 4.17. The van der Waals surface area contributed by atoms with Crippen LogP contribution in [-0.2, 0) is 9.57 Å². The number of nitrogens with one attached hydrogen (secondary N) is 1. The molecule has 0 radical (unpaired) electrons. The zero-order valence-corrected chi connectivity index (χ0v) is 8.45. The van der Waals surface area contributed by atoms with Gasteiger partial charge in [-0.1, -0.05) is 11.6 Å². The summed E-state index contributed by atoms with van der Waals surface area (Å²) in [5.74, 6) is -0.325. The molecule has 1 aromatic rings. The van der Waals surface area contributed by atoms with Gasteiger partial charge in [-0.2, -0.15) is 0 Å². The number of halogens is 1. The molecule has 13 heavy (non-hydrogen) atoms. The zero-order valence-electron chi connectivity index (χ0n) is 6.87. The number of methoxy groups -OCH3 is 1. The molecule has 0 saturated heterocycles. The number of thiophene rings is 1. The van der Waals surface area contributed by atoms with Gasteiger partial charge in [0.15, 0.2) is 6.79 Å². The maximum Gasteiger partial charge on any atom is 0.285 e. The quantitative estimate of drug-likeness (QED) is 0.478. The minimum Gasteiger partial charge on any atom is -0.356 e. The van der Waals surface area contributed by atoms with Gasteiger partial charge in [0.2, 0.25) is 0 Å².